The van der Waals surface area contributed by atoms with Crippen LogP contribution in [0.3, 0.4) is 0 Å². The zero-order chi connectivity index (χ0) is 16.7. The number of nitrogens with one attached hydrogen (secondary N) is 1. The van der Waals surface area contributed by atoms with Crippen LogP contribution in [0.2, 0.25) is 0 Å². The molecule has 0 aliphatic heterocycles. The topological polar surface area (TPSA) is 12.0 Å². The molecule has 1 heteroatoms. The van der Waals surface area contributed by atoms with E-state index in [1.54, 1.807) is 0 Å². The molecule has 1 rings (SSSR count). The highest BCUT2D eigenvalue weighted by Crippen LogP contribution is 2.16. The Morgan fingerprint density at radius 2 is 1.86 bits per heavy atom. The second kappa shape index (κ2) is 14.9. The molecule has 0 amide bonds. The molecule has 0 radical (unpaired) electrons. The van der Waals surface area contributed by atoms with Crippen LogP contribution in [0, 0.1) is 12.8 Å². The summed E-state index contributed by atoms with van der Waals surface area (Å²) in [6, 6.07) is 6.44. The number of hydrogen-bond acceptors (Lipinski definition) is 1. The summed E-state index contributed by atoms with van der Waals surface area (Å²) in [7, 11) is 1.95. The van der Waals surface area contributed by atoms with Gasteiger partial charge in [0.15, 0.2) is 0 Å². The summed E-state index contributed by atoms with van der Waals surface area (Å²) in [5.74, 6) is 0.780. The van der Waals surface area contributed by atoms with Crippen LogP contribution in [0.25, 0.3) is 6.08 Å². The minimum absolute atomic E-state index is 0.780. The monoisotopic (exact) mass is 289 g/mol. The van der Waals surface area contributed by atoms with E-state index < -0.39 is 0 Å². The molecule has 120 valence electrons. The van der Waals surface area contributed by atoms with E-state index in [0.29, 0.717) is 0 Å². The van der Waals surface area contributed by atoms with Gasteiger partial charge in [-0.15, -0.1) is 6.58 Å². The second-order valence-corrected chi connectivity index (χ2v) is 5.05. The smallest absolute Gasteiger partial charge is 0.0367 e. The van der Waals surface area contributed by atoms with Gasteiger partial charge in [-0.3, -0.25) is 0 Å². The van der Waals surface area contributed by atoms with E-state index in [0.717, 1.165) is 18.8 Å². The highest BCUT2D eigenvalue weighted by Gasteiger charge is 1.94. The van der Waals surface area contributed by atoms with Gasteiger partial charge in [0, 0.05) is 12.7 Å². The van der Waals surface area contributed by atoms with Crippen LogP contribution in [0.15, 0.2) is 36.9 Å². The SMILES string of the molecule is C=CCC(C)C.CC.CC/C=C/c1ccc(NC)c(C)c1. The molecule has 1 nitrogen and oxygen atoms in total. The predicted molar refractivity (Wildman–Crippen MR) is 101 cm³/mol. The average Bonchev–Trinajstić information content (AvgIpc) is 2.48. The molecule has 1 aromatic carbocycles. The molecule has 0 aliphatic carbocycles. The summed E-state index contributed by atoms with van der Waals surface area (Å²) in [5, 5.41) is 3.15. The lowest BCUT2D eigenvalue weighted by atomic mass is 10.1. The molecule has 0 bridgehead atoms. The Kier molecular flexibility index (Phi) is 15.5. The van der Waals surface area contributed by atoms with Gasteiger partial charge in [-0.2, -0.15) is 0 Å². The van der Waals surface area contributed by atoms with Crippen molar-refractivity contribution < 1.29 is 0 Å². The Balaban J connectivity index is 0. The van der Waals surface area contributed by atoms with Crippen molar-refractivity contribution in [2.45, 2.75) is 54.4 Å². The Morgan fingerprint density at radius 1 is 1.24 bits per heavy atom. The van der Waals surface area contributed by atoms with Crippen molar-refractivity contribution in [3.8, 4) is 0 Å². The summed E-state index contributed by atoms with van der Waals surface area (Å²) < 4.78 is 0. The van der Waals surface area contributed by atoms with Gasteiger partial charge < -0.3 is 5.32 Å². The Bertz CT molecular complexity index is 389. The van der Waals surface area contributed by atoms with Gasteiger partial charge in [-0.25, -0.2) is 0 Å². The van der Waals surface area contributed by atoms with Gasteiger partial charge in [-0.1, -0.05) is 58.9 Å². The lowest BCUT2D eigenvalue weighted by Crippen LogP contribution is -1.91. The molecule has 1 N–H and O–H groups in total. The second-order valence-electron chi connectivity index (χ2n) is 5.05. The van der Waals surface area contributed by atoms with Crippen LogP contribution in [-0.4, -0.2) is 7.05 Å². The van der Waals surface area contributed by atoms with Crippen LogP contribution in [0.5, 0.6) is 0 Å². The van der Waals surface area contributed by atoms with E-state index >= 15 is 0 Å². The summed E-state index contributed by atoms with van der Waals surface area (Å²) in [5.41, 5.74) is 3.77. The highest BCUT2D eigenvalue weighted by molar-refractivity contribution is 5.58. The highest BCUT2D eigenvalue weighted by atomic mass is 14.8. The van der Waals surface area contributed by atoms with E-state index in [4.69, 9.17) is 0 Å². The largest absolute Gasteiger partial charge is 0.388 e. The molecule has 0 fully saturated rings. The van der Waals surface area contributed by atoms with Crippen molar-refractivity contribution in [1.29, 1.82) is 0 Å². The van der Waals surface area contributed by atoms with Crippen LogP contribution < -0.4 is 5.32 Å². The molecule has 0 atom stereocenters. The number of hydrogen-bond donors (Lipinski definition) is 1. The minimum Gasteiger partial charge on any atom is -0.388 e. The maximum atomic E-state index is 3.60. The third-order valence-electron chi connectivity index (χ3n) is 2.70. The zero-order valence-corrected chi connectivity index (χ0v) is 15.2. The molecular weight excluding hydrogens is 254 g/mol. The van der Waals surface area contributed by atoms with Crippen LogP contribution in [0.1, 0.15) is 58.6 Å². The Hall–Kier alpha value is -1.50. The van der Waals surface area contributed by atoms with Gasteiger partial charge >= 0.3 is 0 Å². The van der Waals surface area contributed by atoms with Gasteiger partial charge in [-0.05, 0) is 48.9 Å². The quantitative estimate of drug-likeness (QED) is 0.594. The van der Waals surface area contributed by atoms with Gasteiger partial charge in [0.25, 0.3) is 0 Å². The van der Waals surface area contributed by atoms with Gasteiger partial charge in [0.2, 0.25) is 0 Å². The first-order chi connectivity index (χ1) is 10.0. The fourth-order valence-corrected chi connectivity index (χ4v) is 1.66. The fourth-order valence-electron chi connectivity index (χ4n) is 1.66. The molecular formula is C20H35N. The number of anilines is 1. The molecule has 0 aliphatic rings. The van der Waals surface area contributed by atoms with Crippen molar-refractivity contribution in [3.63, 3.8) is 0 Å². The third-order valence-corrected chi connectivity index (χ3v) is 2.70. The first kappa shape index (κ1) is 21.8. The maximum Gasteiger partial charge on any atom is 0.0367 e. The van der Waals surface area contributed by atoms with Crippen LogP contribution in [-0.2, 0) is 0 Å². The van der Waals surface area contributed by atoms with E-state index in [1.165, 1.54) is 16.8 Å². The van der Waals surface area contributed by atoms with E-state index in [2.05, 4.69) is 69.9 Å². The van der Waals surface area contributed by atoms with Gasteiger partial charge in [0.1, 0.15) is 0 Å². The number of rotatable bonds is 5. The summed E-state index contributed by atoms with van der Waals surface area (Å²) in [6.45, 7) is 16.2. The minimum atomic E-state index is 0.780. The summed E-state index contributed by atoms with van der Waals surface area (Å²) in [4.78, 5) is 0. The van der Waals surface area contributed by atoms with Crippen LogP contribution in [0.4, 0.5) is 5.69 Å². The molecule has 0 heterocycles. The summed E-state index contributed by atoms with van der Waals surface area (Å²) >= 11 is 0. The molecule has 21 heavy (non-hydrogen) atoms. The third kappa shape index (κ3) is 12.0. The van der Waals surface area contributed by atoms with Crippen molar-refractivity contribution in [2.75, 3.05) is 12.4 Å². The zero-order valence-electron chi connectivity index (χ0n) is 15.2. The lowest BCUT2D eigenvalue weighted by molar-refractivity contribution is 0.664. The molecule has 1 aromatic rings. The standard InChI is InChI=1S/C12H17N.C6H12.C2H6/c1-4-5-6-11-7-8-12(13-3)10(2)9-11;1-4-5-6(2)3;1-2/h5-9,13H,4H2,1-3H3;4,6H,1,5H2,2-3H3;1-2H3/b6-5+;;. The first-order valence-electron chi connectivity index (χ1n) is 8.10. The Morgan fingerprint density at radius 3 is 2.19 bits per heavy atom. The molecule has 0 saturated heterocycles. The van der Waals surface area contributed by atoms with Crippen molar-refractivity contribution in [3.05, 3.63) is 48.1 Å². The predicted octanol–water partition coefficient (Wildman–Crippen LogP) is 6.70. The summed E-state index contributed by atoms with van der Waals surface area (Å²) in [6.07, 6.45) is 8.51. The maximum absolute atomic E-state index is 3.60. The van der Waals surface area contributed by atoms with E-state index in [1.807, 2.05) is 27.0 Å². The molecule has 0 saturated carbocycles. The van der Waals surface area contributed by atoms with E-state index in [-0.39, 0.29) is 0 Å². The van der Waals surface area contributed by atoms with Crippen molar-refractivity contribution in [1.82, 2.24) is 0 Å². The fraction of sp³-hybridized carbons (Fsp3) is 0.500. The number of benzene rings is 1. The Labute approximate surface area is 133 Å². The first-order valence-corrected chi connectivity index (χ1v) is 8.10. The molecule has 0 unspecified atom stereocenters. The van der Waals surface area contributed by atoms with Crippen molar-refractivity contribution in [2.24, 2.45) is 5.92 Å². The number of aryl methyl sites for hydroxylation is 1. The molecule has 0 aromatic heterocycles. The van der Waals surface area contributed by atoms with E-state index in [9.17, 15) is 0 Å². The van der Waals surface area contributed by atoms with Crippen molar-refractivity contribution >= 4 is 11.8 Å². The number of allylic oxidation sites excluding steroid dienone is 2. The van der Waals surface area contributed by atoms with Gasteiger partial charge in [0.05, 0.1) is 0 Å². The molecule has 0 spiro atoms. The van der Waals surface area contributed by atoms with Crippen LogP contribution >= 0.6 is 0 Å². The lowest BCUT2D eigenvalue weighted by Gasteiger charge is -2.05. The average molecular weight is 290 g/mol. The normalized spacial score (nSPS) is 9.52.